The first kappa shape index (κ1) is 16.4. The predicted octanol–water partition coefficient (Wildman–Crippen LogP) is 2.06. The van der Waals surface area contributed by atoms with E-state index < -0.39 is 0 Å². The summed E-state index contributed by atoms with van der Waals surface area (Å²) in [7, 11) is 4.04. The number of hydrogen-bond donors (Lipinski definition) is 0. The lowest BCUT2D eigenvalue weighted by molar-refractivity contribution is 0.385. The van der Waals surface area contributed by atoms with Crippen LogP contribution in [0.2, 0.25) is 0 Å². The third kappa shape index (κ3) is 2.86. The molecule has 0 N–H and O–H groups in total. The molecule has 4 aromatic rings. The van der Waals surface area contributed by atoms with E-state index in [1.54, 1.807) is 15.3 Å². The van der Waals surface area contributed by atoms with E-state index in [4.69, 9.17) is 0 Å². The van der Waals surface area contributed by atoms with Crippen LogP contribution in [0.1, 0.15) is 6.42 Å². The maximum absolute atomic E-state index is 12.7. The number of aromatic nitrogens is 5. The van der Waals surface area contributed by atoms with Crippen LogP contribution in [-0.4, -0.2) is 49.9 Å². The maximum Gasteiger partial charge on any atom is 0.280 e. The van der Waals surface area contributed by atoms with Crippen molar-refractivity contribution in [2.45, 2.75) is 13.0 Å². The van der Waals surface area contributed by atoms with Crippen molar-refractivity contribution in [3.05, 3.63) is 59.1 Å². The molecule has 26 heavy (non-hydrogen) atoms. The van der Waals surface area contributed by atoms with Crippen LogP contribution in [0.5, 0.6) is 0 Å². The molecule has 1 aromatic carbocycles. The Morgan fingerprint density at radius 3 is 2.65 bits per heavy atom. The molecule has 0 unspecified atom stereocenters. The molecule has 3 aromatic heterocycles. The Kier molecular flexibility index (Phi) is 4.22. The minimum atomic E-state index is -0.132. The Morgan fingerprint density at radius 2 is 1.88 bits per heavy atom. The van der Waals surface area contributed by atoms with Crippen molar-refractivity contribution in [3.8, 4) is 11.1 Å². The lowest BCUT2D eigenvalue weighted by Gasteiger charge is -2.11. The highest BCUT2D eigenvalue weighted by Crippen LogP contribution is 2.23. The smallest absolute Gasteiger partial charge is 0.280 e. The summed E-state index contributed by atoms with van der Waals surface area (Å²) in [6.45, 7) is 1.58. The van der Waals surface area contributed by atoms with Gasteiger partial charge in [-0.2, -0.15) is 5.10 Å². The lowest BCUT2D eigenvalue weighted by atomic mass is 10.1. The normalized spacial score (nSPS) is 11.7. The minimum Gasteiger partial charge on any atom is -0.313 e. The number of nitrogens with zero attached hydrogens (tertiary/aromatic N) is 6. The summed E-state index contributed by atoms with van der Waals surface area (Å²) in [5.74, 6) is 0. The highest BCUT2D eigenvalue weighted by Gasteiger charge is 2.14. The van der Waals surface area contributed by atoms with Crippen LogP contribution >= 0.6 is 0 Å². The third-order valence-corrected chi connectivity index (χ3v) is 4.42. The molecule has 0 spiro atoms. The second-order valence-corrected chi connectivity index (χ2v) is 6.56. The average molecular weight is 348 g/mol. The number of benzene rings is 1. The summed E-state index contributed by atoms with van der Waals surface area (Å²) in [6.07, 6.45) is 4.47. The predicted molar refractivity (Wildman–Crippen MR) is 101 cm³/mol. The van der Waals surface area contributed by atoms with Gasteiger partial charge >= 0.3 is 0 Å². The minimum absolute atomic E-state index is 0.132. The van der Waals surface area contributed by atoms with Gasteiger partial charge in [0.1, 0.15) is 5.52 Å². The zero-order chi connectivity index (χ0) is 18.1. The van der Waals surface area contributed by atoms with E-state index in [2.05, 4.69) is 20.2 Å². The van der Waals surface area contributed by atoms with Crippen molar-refractivity contribution < 1.29 is 0 Å². The van der Waals surface area contributed by atoms with Crippen molar-refractivity contribution in [1.29, 1.82) is 0 Å². The molecule has 0 radical (unpaired) electrons. The first-order valence-corrected chi connectivity index (χ1v) is 8.59. The van der Waals surface area contributed by atoms with E-state index >= 15 is 0 Å². The molecule has 0 saturated heterocycles. The highest BCUT2D eigenvalue weighted by atomic mass is 16.1. The van der Waals surface area contributed by atoms with Gasteiger partial charge in [0.15, 0.2) is 11.2 Å². The number of fused-ring (bicyclic) bond motifs is 3. The van der Waals surface area contributed by atoms with Gasteiger partial charge in [0.25, 0.3) is 5.56 Å². The molecule has 0 amide bonds. The molecule has 0 atom stereocenters. The number of pyridine rings is 1. The van der Waals surface area contributed by atoms with Crippen LogP contribution in [-0.2, 0) is 6.54 Å². The van der Waals surface area contributed by atoms with E-state index in [0.29, 0.717) is 23.2 Å². The molecule has 3 heterocycles. The molecule has 0 fully saturated rings. The summed E-state index contributed by atoms with van der Waals surface area (Å²) < 4.78 is 3.38. The summed E-state index contributed by atoms with van der Waals surface area (Å²) in [4.78, 5) is 14.8. The first-order valence-electron chi connectivity index (χ1n) is 8.59. The zero-order valence-corrected chi connectivity index (χ0v) is 14.8. The monoisotopic (exact) mass is 348 g/mol. The largest absolute Gasteiger partial charge is 0.313 e. The molecule has 7 nitrogen and oxygen atoms in total. The maximum atomic E-state index is 12.7. The van der Waals surface area contributed by atoms with E-state index in [1.807, 2.05) is 56.7 Å². The van der Waals surface area contributed by atoms with E-state index in [-0.39, 0.29) is 5.56 Å². The average Bonchev–Trinajstić information content (AvgIpc) is 3.08. The van der Waals surface area contributed by atoms with Crippen molar-refractivity contribution in [1.82, 2.24) is 29.3 Å². The quantitative estimate of drug-likeness (QED) is 0.552. The Bertz CT molecular complexity index is 1110. The zero-order valence-electron chi connectivity index (χ0n) is 14.8. The van der Waals surface area contributed by atoms with Crippen LogP contribution in [0.3, 0.4) is 0 Å². The summed E-state index contributed by atoms with van der Waals surface area (Å²) in [5.41, 5.74) is 3.45. The Balaban J connectivity index is 1.78. The molecular formula is C19H20N6O. The van der Waals surface area contributed by atoms with Crippen LogP contribution in [0.4, 0.5) is 0 Å². The van der Waals surface area contributed by atoms with Gasteiger partial charge < -0.3 is 9.47 Å². The van der Waals surface area contributed by atoms with E-state index in [0.717, 1.165) is 24.1 Å². The molecule has 0 aliphatic rings. The van der Waals surface area contributed by atoms with Crippen LogP contribution < -0.4 is 5.56 Å². The first-order chi connectivity index (χ1) is 12.6. The lowest BCUT2D eigenvalue weighted by Crippen LogP contribution is -2.24. The second kappa shape index (κ2) is 6.68. The Labute approximate surface area is 150 Å². The van der Waals surface area contributed by atoms with Gasteiger partial charge in [-0.25, -0.2) is 4.52 Å². The summed E-state index contributed by atoms with van der Waals surface area (Å²) in [6, 6.07) is 11.8. The van der Waals surface area contributed by atoms with Gasteiger partial charge in [0, 0.05) is 18.3 Å². The van der Waals surface area contributed by atoms with Gasteiger partial charge in [-0.3, -0.25) is 4.79 Å². The molecule has 132 valence electrons. The number of aryl methyl sites for hydroxylation is 1. The van der Waals surface area contributed by atoms with Gasteiger partial charge in [0.2, 0.25) is 0 Å². The molecule has 0 aliphatic heterocycles. The highest BCUT2D eigenvalue weighted by molar-refractivity contribution is 5.82. The molecule has 0 bridgehead atoms. The molecule has 4 rings (SSSR count). The SMILES string of the molecule is CN(C)CCCn1ccc2c(nnc3c(-c4ccccc4)cnn32)c1=O. The number of rotatable bonds is 5. The second-order valence-electron chi connectivity index (χ2n) is 6.56. The number of hydrogen-bond acceptors (Lipinski definition) is 5. The van der Waals surface area contributed by atoms with Gasteiger partial charge in [0.05, 0.1) is 6.20 Å². The van der Waals surface area contributed by atoms with Crippen LogP contribution in [0.25, 0.3) is 27.8 Å². The summed E-state index contributed by atoms with van der Waals surface area (Å²) in [5, 5.41) is 12.9. The van der Waals surface area contributed by atoms with Crippen LogP contribution in [0.15, 0.2) is 53.6 Å². The fraction of sp³-hybridized carbons (Fsp3) is 0.263. The van der Waals surface area contributed by atoms with Crippen molar-refractivity contribution in [2.75, 3.05) is 20.6 Å². The molecule has 7 heteroatoms. The van der Waals surface area contributed by atoms with E-state index in [9.17, 15) is 4.79 Å². The van der Waals surface area contributed by atoms with Gasteiger partial charge in [-0.05, 0) is 38.7 Å². The van der Waals surface area contributed by atoms with Crippen molar-refractivity contribution in [2.24, 2.45) is 0 Å². The standard InChI is InChI=1S/C19H20N6O/c1-23(2)10-6-11-24-12-9-16-17(19(24)26)21-22-18-15(13-20-25(16)18)14-7-4-3-5-8-14/h3-5,7-9,12-13H,6,10-11H2,1-2H3. The molecule has 0 aliphatic carbocycles. The fourth-order valence-electron chi connectivity index (χ4n) is 3.08. The van der Waals surface area contributed by atoms with Crippen molar-refractivity contribution in [3.63, 3.8) is 0 Å². The van der Waals surface area contributed by atoms with Gasteiger partial charge in [-0.1, -0.05) is 30.3 Å². The Hall–Kier alpha value is -3.06. The summed E-state index contributed by atoms with van der Waals surface area (Å²) >= 11 is 0. The topological polar surface area (TPSA) is 68.3 Å². The Morgan fingerprint density at radius 1 is 1.08 bits per heavy atom. The molecular weight excluding hydrogens is 328 g/mol. The van der Waals surface area contributed by atoms with Crippen molar-refractivity contribution >= 4 is 16.7 Å². The van der Waals surface area contributed by atoms with Gasteiger partial charge in [-0.15, -0.1) is 10.2 Å². The third-order valence-electron chi connectivity index (χ3n) is 4.42. The molecule has 0 saturated carbocycles. The van der Waals surface area contributed by atoms with E-state index in [1.165, 1.54) is 0 Å². The fourth-order valence-corrected chi connectivity index (χ4v) is 3.08. The van der Waals surface area contributed by atoms with Crippen LogP contribution in [0, 0.1) is 0 Å².